The number of carboxylic acid groups (broad SMARTS) is 2. The third kappa shape index (κ3) is 63.0. The third-order valence-electron chi connectivity index (χ3n) is 4.78. The van der Waals surface area contributed by atoms with Gasteiger partial charge in [-0.2, -0.15) is 0 Å². The summed E-state index contributed by atoms with van der Waals surface area (Å²) in [4.78, 5) is 18.5. The Kier molecular flexibility index (Phi) is 48.0. The number of aliphatic carboxylic acids is 2. The fraction of sp³-hybridized carbons (Fsp3) is 0.923. The number of carbonyl (C=O) groups excluding carboxylic acids is 2. The number of unbranched alkanes of at least 4 members (excludes halogenated alkanes) is 14. The van der Waals surface area contributed by atoms with Gasteiger partial charge in [-0.15, -0.1) is 0 Å². The van der Waals surface area contributed by atoms with Crippen LogP contribution in [-0.4, -0.2) is 25.0 Å². The zero-order chi connectivity index (χ0) is 25.3. The van der Waals surface area contributed by atoms with E-state index in [0.29, 0.717) is 0 Å². The van der Waals surface area contributed by atoms with Gasteiger partial charge in [0.05, 0.1) is 13.1 Å². The van der Waals surface area contributed by atoms with E-state index in [1.54, 1.807) is 0 Å². The lowest BCUT2D eigenvalue weighted by molar-refractivity contribution is -0.368. The average molecular weight is 463 g/mol. The number of quaternary nitrogens is 2. The number of rotatable bonds is 18. The van der Waals surface area contributed by atoms with Gasteiger partial charge in [0.2, 0.25) is 0 Å². The van der Waals surface area contributed by atoms with E-state index in [2.05, 4.69) is 25.3 Å². The molecule has 196 valence electrons. The molecule has 0 atom stereocenters. The second-order valence-electron chi connectivity index (χ2n) is 8.11. The van der Waals surface area contributed by atoms with E-state index in [1.807, 2.05) is 0 Å². The van der Waals surface area contributed by atoms with Gasteiger partial charge in [0.1, 0.15) is 0 Å². The van der Waals surface area contributed by atoms with Crippen LogP contribution >= 0.6 is 0 Å². The molecule has 6 nitrogen and oxygen atoms in total. The molecule has 0 aliphatic heterocycles. The molecule has 0 radical (unpaired) electrons. The van der Waals surface area contributed by atoms with Gasteiger partial charge < -0.3 is 31.3 Å². The van der Waals surface area contributed by atoms with Crippen LogP contribution in [0.5, 0.6) is 0 Å². The molecule has 0 aliphatic carbocycles. The highest BCUT2D eigenvalue weighted by Crippen LogP contribution is 2.08. The molecule has 0 fully saturated rings. The Morgan fingerprint density at radius 2 is 0.656 bits per heavy atom. The van der Waals surface area contributed by atoms with Crippen molar-refractivity contribution in [3.05, 3.63) is 0 Å². The van der Waals surface area contributed by atoms with Crippen molar-refractivity contribution >= 4 is 11.9 Å². The van der Waals surface area contributed by atoms with Crippen LogP contribution in [0.1, 0.15) is 143 Å². The average Bonchev–Trinajstić information content (AvgIpc) is 2.79. The minimum Gasteiger partial charge on any atom is -0.550 e. The van der Waals surface area contributed by atoms with Crippen LogP contribution in [0.25, 0.3) is 0 Å². The molecule has 0 aromatic carbocycles. The lowest BCUT2D eigenvalue weighted by Crippen LogP contribution is -2.50. The standard InChI is InChI=1S/2C10H23N.2C3H6O2/c2*1-2-3-4-5-6-7-8-9-10-11;2*1-2-3(4)5/h2*2-11H2,1H3;2*2H2,1H3,(H,4,5). The quantitative estimate of drug-likeness (QED) is 0.302. The highest BCUT2D eigenvalue weighted by atomic mass is 16.4. The molecule has 0 heterocycles. The molecule has 6 N–H and O–H groups in total. The van der Waals surface area contributed by atoms with Gasteiger partial charge in [-0.1, -0.05) is 105 Å². The Balaban J connectivity index is -0.000000175. The third-order valence-corrected chi connectivity index (χ3v) is 4.78. The molecule has 0 rings (SSSR count). The van der Waals surface area contributed by atoms with Crippen LogP contribution in [-0.2, 0) is 9.59 Å². The first kappa shape index (κ1) is 38.1. The zero-order valence-electron chi connectivity index (χ0n) is 22.2. The van der Waals surface area contributed by atoms with Crippen LogP contribution in [0.3, 0.4) is 0 Å². The predicted molar refractivity (Wildman–Crippen MR) is 131 cm³/mol. The lowest BCUT2D eigenvalue weighted by atomic mass is 10.1. The van der Waals surface area contributed by atoms with Gasteiger partial charge in [-0.05, 0) is 38.5 Å². The van der Waals surface area contributed by atoms with Crippen molar-refractivity contribution in [1.29, 1.82) is 0 Å². The molecule has 0 aromatic rings. The van der Waals surface area contributed by atoms with Crippen molar-refractivity contribution in [2.45, 2.75) is 143 Å². The van der Waals surface area contributed by atoms with Crippen molar-refractivity contribution in [3.8, 4) is 0 Å². The molecule has 0 saturated carbocycles. The number of hydrogen-bond acceptors (Lipinski definition) is 4. The van der Waals surface area contributed by atoms with Crippen molar-refractivity contribution in [1.82, 2.24) is 0 Å². The van der Waals surface area contributed by atoms with Crippen LogP contribution in [0.15, 0.2) is 0 Å². The molecule has 0 saturated heterocycles. The first-order chi connectivity index (χ1) is 15.4. The van der Waals surface area contributed by atoms with Crippen LogP contribution in [0.4, 0.5) is 0 Å². The summed E-state index contributed by atoms with van der Waals surface area (Å²) in [7, 11) is 0. The summed E-state index contributed by atoms with van der Waals surface area (Å²) in [5.41, 5.74) is 7.67. The van der Waals surface area contributed by atoms with Crippen molar-refractivity contribution < 1.29 is 31.3 Å². The van der Waals surface area contributed by atoms with Crippen molar-refractivity contribution in [2.24, 2.45) is 0 Å². The fourth-order valence-electron chi connectivity index (χ4n) is 2.62. The largest absolute Gasteiger partial charge is 0.550 e. The minimum atomic E-state index is -0.995. The smallest absolute Gasteiger partial charge is 0.0739 e. The van der Waals surface area contributed by atoms with E-state index in [1.165, 1.54) is 117 Å². The summed E-state index contributed by atoms with van der Waals surface area (Å²) in [5, 5.41) is 18.5. The van der Waals surface area contributed by atoms with Gasteiger partial charge in [0.25, 0.3) is 0 Å². The second kappa shape index (κ2) is 40.2. The summed E-state index contributed by atoms with van der Waals surface area (Å²) < 4.78 is 0. The van der Waals surface area contributed by atoms with Gasteiger partial charge in [0.15, 0.2) is 0 Å². The highest BCUT2D eigenvalue weighted by Gasteiger charge is 1.90. The Morgan fingerprint density at radius 3 is 0.812 bits per heavy atom. The number of hydrogen-bond donors (Lipinski definition) is 2. The summed E-state index contributed by atoms with van der Waals surface area (Å²) >= 11 is 0. The molecule has 0 spiro atoms. The van der Waals surface area contributed by atoms with E-state index >= 15 is 0 Å². The normalized spacial score (nSPS) is 9.44. The summed E-state index contributed by atoms with van der Waals surface area (Å²) in [5.74, 6) is -1.99. The molecular weight excluding hydrogens is 404 g/mol. The summed E-state index contributed by atoms with van der Waals surface area (Å²) in [6.07, 6.45) is 22.8. The van der Waals surface area contributed by atoms with E-state index in [9.17, 15) is 19.8 Å². The molecule has 0 amide bonds. The second-order valence-corrected chi connectivity index (χ2v) is 8.11. The van der Waals surface area contributed by atoms with Gasteiger partial charge in [-0.25, -0.2) is 0 Å². The van der Waals surface area contributed by atoms with E-state index in [-0.39, 0.29) is 12.8 Å². The molecule has 6 heteroatoms. The maximum atomic E-state index is 9.26. The summed E-state index contributed by atoms with van der Waals surface area (Å²) in [6, 6.07) is 0. The molecule has 0 unspecified atom stereocenters. The van der Waals surface area contributed by atoms with E-state index in [4.69, 9.17) is 0 Å². The van der Waals surface area contributed by atoms with Crippen molar-refractivity contribution in [2.75, 3.05) is 13.1 Å². The van der Waals surface area contributed by atoms with E-state index in [0.717, 1.165) is 13.1 Å². The Hall–Kier alpha value is -1.14. The van der Waals surface area contributed by atoms with Crippen molar-refractivity contribution in [3.63, 3.8) is 0 Å². The number of carbonyl (C=O) groups is 2. The molecule has 0 aromatic heterocycles. The molecule has 0 bridgehead atoms. The van der Waals surface area contributed by atoms with Crippen LogP contribution in [0.2, 0.25) is 0 Å². The van der Waals surface area contributed by atoms with Crippen LogP contribution < -0.4 is 21.7 Å². The highest BCUT2D eigenvalue weighted by molar-refractivity contribution is 5.63. The Morgan fingerprint density at radius 1 is 0.469 bits per heavy atom. The van der Waals surface area contributed by atoms with Gasteiger partial charge in [-0.3, -0.25) is 0 Å². The van der Waals surface area contributed by atoms with Crippen LogP contribution in [0, 0.1) is 0 Å². The SMILES string of the molecule is CCC(=O)[O-].CCC(=O)[O-].CCCCCCCCCC[NH3+].CCCCCCCCCC[NH3+]. The molecule has 0 aliphatic rings. The monoisotopic (exact) mass is 462 g/mol. The van der Waals surface area contributed by atoms with Gasteiger partial charge >= 0.3 is 0 Å². The Bertz CT molecular complexity index is 292. The van der Waals surface area contributed by atoms with Gasteiger partial charge in [0, 0.05) is 11.9 Å². The topological polar surface area (TPSA) is 136 Å². The fourth-order valence-corrected chi connectivity index (χ4v) is 2.62. The predicted octanol–water partition coefficient (Wildman–Crippen LogP) is 3.03. The molecule has 32 heavy (non-hydrogen) atoms. The Labute approximate surface area is 199 Å². The van der Waals surface area contributed by atoms with E-state index < -0.39 is 11.9 Å². The summed E-state index contributed by atoms with van der Waals surface area (Å²) in [6.45, 7) is 9.85. The zero-order valence-corrected chi connectivity index (χ0v) is 22.2. The number of carboxylic acids is 2. The first-order valence-electron chi connectivity index (χ1n) is 13.4. The molecular formula is C26H58N2O4. The maximum absolute atomic E-state index is 9.26. The lowest BCUT2D eigenvalue weighted by Gasteiger charge is -1.98. The minimum absolute atomic E-state index is 0.111. The maximum Gasteiger partial charge on any atom is 0.0739 e. The first-order valence-corrected chi connectivity index (χ1v) is 13.4.